The summed E-state index contributed by atoms with van der Waals surface area (Å²) in [5, 5.41) is 8.22. The highest BCUT2D eigenvalue weighted by atomic mass is 35.5. The van der Waals surface area contributed by atoms with Crippen molar-refractivity contribution in [2.45, 2.75) is 32.2 Å². The molecule has 1 atom stereocenters. The number of pyridine rings is 1. The number of nitrogens with one attached hydrogen (secondary N) is 2. The Kier molecular flexibility index (Phi) is 9.07. The second kappa shape index (κ2) is 12.6. The zero-order valence-electron chi connectivity index (χ0n) is 19.7. The number of hydrogen-bond donors (Lipinski definition) is 2. The Labute approximate surface area is 217 Å². The number of nitrogens with zero attached hydrogens (tertiary/aromatic N) is 3. The topological polar surface area (TPSA) is 62.7 Å². The van der Waals surface area contributed by atoms with Gasteiger partial charge in [0.1, 0.15) is 16.5 Å². The summed E-state index contributed by atoms with van der Waals surface area (Å²) < 4.78 is 0. The van der Waals surface area contributed by atoms with E-state index in [2.05, 4.69) is 80.2 Å². The fourth-order valence-corrected chi connectivity index (χ4v) is 4.13. The van der Waals surface area contributed by atoms with Crippen molar-refractivity contribution < 1.29 is 0 Å². The Bertz CT molecular complexity index is 1200. The Balaban J connectivity index is 1.41. The van der Waals surface area contributed by atoms with Crippen molar-refractivity contribution in [3.63, 3.8) is 0 Å². The summed E-state index contributed by atoms with van der Waals surface area (Å²) in [6.45, 7) is 3.42. The summed E-state index contributed by atoms with van der Waals surface area (Å²) in [4.78, 5) is 13.5. The maximum Gasteiger partial charge on any atom is 0.180 e. The molecule has 2 N–H and O–H groups in total. The van der Waals surface area contributed by atoms with E-state index in [1.807, 2.05) is 13.0 Å². The van der Waals surface area contributed by atoms with E-state index in [4.69, 9.17) is 23.2 Å². The fraction of sp³-hybridized carbons (Fsp3) is 0.250. The third kappa shape index (κ3) is 7.25. The average molecular weight is 506 g/mol. The molecule has 0 unspecified atom stereocenters. The lowest BCUT2D eigenvalue weighted by Crippen LogP contribution is -2.29. The van der Waals surface area contributed by atoms with E-state index >= 15 is 0 Å². The van der Waals surface area contributed by atoms with Crippen LogP contribution in [0.15, 0.2) is 79.0 Å². The third-order valence-electron chi connectivity index (χ3n) is 5.77. The highest BCUT2D eigenvalue weighted by Crippen LogP contribution is 2.27. The molecule has 0 aliphatic heterocycles. The van der Waals surface area contributed by atoms with Crippen LogP contribution in [0.1, 0.15) is 35.7 Å². The molecule has 180 valence electrons. The fourth-order valence-electron chi connectivity index (χ4n) is 3.87. The quantitative estimate of drug-likeness (QED) is 0.216. The number of anilines is 1. The minimum absolute atomic E-state index is 0.108. The molecule has 35 heavy (non-hydrogen) atoms. The van der Waals surface area contributed by atoms with Crippen molar-refractivity contribution in [2.75, 3.05) is 18.4 Å². The molecule has 0 fully saturated rings. The van der Waals surface area contributed by atoms with E-state index in [1.54, 1.807) is 18.3 Å². The lowest BCUT2D eigenvalue weighted by Gasteiger charge is -2.21. The van der Waals surface area contributed by atoms with E-state index in [9.17, 15) is 0 Å². The van der Waals surface area contributed by atoms with E-state index in [1.165, 1.54) is 11.1 Å². The summed E-state index contributed by atoms with van der Waals surface area (Å²) in [6, 6.07) is 24.7. The SMILES string of the molecule is Cc1nc(-c2ccc(Cl)cn2)nc(NC[C@@H](NCCCCc2ccccc2)c2ccccc2)c1Cl. The molecule has 0 spiro atoms. The van der Waals surface area contributed by atoms with E-state index in [-0.39, 0.29) is 6.04 Å². The highest BCUT2D eigenvalue weighted by Gasteiger charge is 2.15. The summed E-state index contributed by atoms with van der Waals surface area (Å²) >= 11 is 12.5. The maximum atomic E-state index is 6.56. The minimum atomic E-state index is 0.108. The van der Waals surface area contributed by atoms with Gasteiger partial charge in [-0.05, 0) is 56.0 Å². The monoisotopic (exact) mass is 505 g/mol. The van der Waals surface area contributed by atoms with Crippen LogP contribution >= 0.6 is 23.2 Å². The lowest BCUT2D eigenvalue weighted by atomic mass is 10.1. The second-order valence-corrected chi connectivity index (χ2v) is 9.21. The van der Waals surface area contributed by atoms with Crippen LogP contribution in [-0.2, 0) is 6.42 Å². The number of aryl methyl sites for hydroxylation is 2. The number of hydrogen-bond acceptors (Lipinski definition) is 5. The van der Waals surface area contributed by atoms with Crippen LogP contribution in [0, 0.1) is 6.92 Å². The van der Waals surface area contributed by atoms with Crippen LogP contribution in [0.3, 0.4) is 0 Å². The van der Waals surface area contributed by atoms with Gasteiger partial charge in [0, 0.05) is 18.8 Å². The van der Waals surface area contributed by atoms with Gasteiger partial charge in [-0.25, -0.2) is 9.97 Å². The largest absolute Gasteiger partial charge is 0.367 e. The van der Waals surface area contributed by atoms with Crippen LogP contribution in [0.25, 0.3) is 11.5 Å². The van der Waals surface area contributed by atoms with Crippen LogP contribution in [-0.4, -0.2) is 28.0 Å². The maximum absolute atomic E-state index is 6.56. The average Bonchev–Trinajstić information content (AvgIpc) is 2.89. The van der Waals surface area contributed by atoms with E-state index in [0.29, 0.717) is 39.6 Å². The van der Waals surface area contributed by atoms with Gasteiger partial charge in [-0.1, -0.05) is 83.9 Å². The summed E-state index contributed by atoms with van der Waals surface area (Å²) in [7, 11) is 0. The molecule has 7 heteroatoms. The van der Waals surface area contributed by atoms with E-state index < -0.39 is 0 Å². The number of unbranched alkanes of at least 4 members (excludes halogenated alkanes) is 1. The summed E-state index contributed by atoms with van der Waals surface area (Å²) in [5.74, 6) is 1.11. The Morgan fingerprint density at radius 2 is 1.60 bits per heavy atom. The predicted molar refractivity (Wildman–Crippen MR) is 145 cm³/mol. The molecule has 0 bridgehead atoms. The molecule has 0 saturated carbocycles. The first-order valence-corrected chi connectivity index (χ1v) is 12.6. The highest BCUT2D eigenvalue weighted by molar-refractivity contribution is 6.33. The van der Waals surface area contributed by atoms with Gasteiger partial charge >= 0.3 is 0 Å². The van der Waals surface area contributed by atoms with E-state index in [0.717, 1.165) is 25.8 Å². The predicted octanol–water partition coefficient (Wildman–Crippen LogP) is 6.92. The number of benzene rings is 2. The molecule has 0 aliphatic carbocycles. The molecule has 0 aliphatic rings. The second-order valence-electron chi connectivity index (χ2n) is 8.40. The molecule has 4 aromatic rings. The molecule has 2 aromatic heterocycles. The van der Waals surface area contributed by atoms with Crippen molar-refractivity contribution in [2.24, 2.45) is 0 Å². The Morgan fingerprint density at radius 3 is 2.31 bits per heavy atom. The molecule has 2 heterocycles. The molecule has 4 rings (SSSR count). The number of aromatic nitrogens is 3. The van der Waals surface area contributed by atoms with Crippen molar-refractivity contribution in [1.29, 1.82) is 0 Å². The van der Waals surface area contributed by atoms with Crippen LogP contribution in [0.5, 0.6) is 0 Å². The zero-order chi connectivity index (χ0) is 24.5. The zero-order valence-corrected chi connectivity index (χ0v) is 21.2. The lowest BCUT2D eigenvalue weighted by molar-refractivity contribution is 0.531. The summed E-state index contributed by atoms with van der Waals surface area (Å²) in [6.07, 6.45) is 4.91. The summed E-state index contributed by atoms with van der Waals surface area (Å²) in [5.41, 5.74) is 3.94. The Hall–Kier alpha value is -2.99. The number of rotatable bonds is 11. The normalized spacial score (nSPS) is 11.9. The van der Waals surface area contributed by atoms with Gasteiger partial charge in [-0.3, -0.25) is 4.98 Å². The van der Waals surface area contributed by atoms with Crippen LogP contribution < -0.4 is 10.6 Å². The standard InChI is InChI=1S/C28H29Cl2N5/c1-20-26(30)28(35-27(34-20)24-16-15-23(29)18-32-24)33-19-25(22-13-6-3-7-14-22)31-17-9-8-12-21-10-4-2-5-11-21/h2-7,10-11,13-16,18,25,31H,8-9,12,17,19H2,1H3,(H,33,34,35)/t25-/m1/s1. The van der Waals surface area contributed by atoms with Crippen molar-refractivity contribution in [3.05, 3.63) is 106 Å². The van der Waals surface area contributed by atoms with Crippen LogP contribution in [0.2, 0.25) is 10.0 Å². The third-order valence-corrected chi connectivity index (χ3v) is 6.45. The van der Waals surface area contributed by atoms with Crippen LogP contribution in [0.4, 0.5) is 5.82 Å². The first-order chi connectivity index (χ1) is 17.1. The molecule has 0 radical (unpaired) electrons. The van der Waals surface area contributed by atoms with Gasteiger partial charge in [0.15, 0.2) is 5.82 Å². The van der Waals surface area contributed by atoms with Gasteiger partial charge in [0.05, 0.1) is 10.7 Å². The van der Waals surface area contributed by atoms with Gasteiger partial charge in [0.25, 0.3) is 0 Å². The van der Waals surface area contributed by atoms with Gasteiger partial charge in [0.2, 0.25) is 0 Å². The molecular formula is C28H29Cl2N5. The molecular weight excluding hydrogens is 477 g/mol. The smallest absolute Gasteiger partial charge is 0.180 e. The Morgan fingerprint density at radius 1 is 0.857 bits per heavy atom. The molecule has 2 aromatic carbocycles. The van der Waals surface area contributed by atoms with Gasteiger partial charge in [-0.15, -0.1) is 0 Å². The van der Waals surface area contributed by atoms with Crippen molar-refractivity contribution in [3.8, 4) is 11.5 Å². The number of halogens is 2. The van der Waals surface area contributed by atoms with Gasteiger partial charge in [-0.2, -0.15) is 0 Å². The van der Waals surface area contributed by atoms with Gasteiger partial charge < -0.3 is 10.6 Å². The first kappa shape index (κ1) is 25.1. The van der Waals surface area contributed by atoms with Crippen molar-refractivity contribution in [1.82, 2.24) is 20.3 Å². The molecule has 5 nitrogen and oxygen atoms in total. The van der Waals surface area contributed by atoms with Crippen molar-refractivity contribution >= 4 is 29.0 Å². The minimum Gasteiger partial charge on any atom is -0.367 e. The first-order valence-electron chi connectivity index (χ1n) is 11.8. The molecule has 0 amide bonds. The molecule has 0 saturated heterocycles.